The van der Waals surface area contributed by atoms with Crippen LogP contribution in [0.25, 0.3) is 0 Å². The highest BCUT2D eigenvalue weighted by atomic mass is 32.2. The predicted molar refractivity (Wildman–Crippen MR) is 118 cm³/mol. The van der Waals surface area contributed by atoms with Gasteiger partial charge in [-0.15, -0.1) is 0 Å². The van der Waals surface area contributed by atoms with Gasteiger partial charge in [-0.25, -0.2) is 22.8 Å². The molecule has 0 aliphatic heterocycles. The van der Waals surface area contributed by atoms with E-state index in [0.29, 0.717) is 12.2 Å². The first-order chi connectivity index (χ1) is 15.1. The van der Waals surface area contributed by atoms with Crippen LogP contribution in [0.4, 0.5) is 16.2 Å². The van der Waals surface area contributed by atoms with E-state index < -0.39 is 28.0 Å². The molecular formula is C21H25N3O7S. The Morgan fingerprint density at radius 2 is 1.41 bits per heavy atom. The molecule has 0 atom stereocenters. The third-order valence-corrected chi connectivity index (χ3v) is 5.52. The molecule has 0 radical (unpaired) electrons. The molecule has 0 unspecified atom stereocenters. The Morgan fingerprint density at radius 3 is 1.88 bits per heavy atom. The third-order valence-electron chi connectivity index (χ3n) is 4.12. The van der Waals surface area contributed by atoms with Crippen LogP contribution in [-0.4, -0.2) is 47.2 Å². The first kappa shape index (κ1) is 24.7. The van der Waals surface area contributed by atoms with Crippen LogP contribution in [0.15, 0.2) is 47.4 Å². The van der Waals surface area contributed by atoms with Gasteiger partial charge in [0.05, 0.1) is 35.9 Å². The van der Waals surface area contributed by atoms with Crippen molar-refractivity contribution in [3.63, 3.8) is 0 Å². The van der Waals surface area contributed by atoms with Gasteiger partial charge >= 0.3 is 18.0 Å². The minimum atomic E-state index is -4.06. The quantitative estimate of drug-likeness (QED) is 0.511. The summed E-state index contributed by atoms with van der Waals surface area (Å²) in [5, 5.41) is 5.30. The Hall–Kier alpha value is -3.60. The SMILES string of the molecule is COC(=O)c1cc(NS(=O)(=O)c2ccc(NC(=O)NCC(C)C)cc2)cc(C(=O)OC)c1. The molecule has 0 aliphatic rings. The van der Waals surface area contributed by atoms with E-state index in [1.807, 2.05) is 13.8 Å². The fourth-order valence-electron chi connectivity index (χ4n) is 2.56. The number of methoxy groups -OCH3 is 2. The summed E-state index contributed by atoms with van der Waals surface area (Å²) in [7, 11) is -1.74. The fourth-order valence-corrected chi connectivity index (χ4v) is 3.60. The van der Waals surface area contributed by atoms with Crippen LogP contribution < -0.4 is 15.4 Å². The number of nitrogens with one attached hydrogen (secondary N) is 3. The van der Waals surface area contributed by atoms with Crippen LogP contribution >= 0.6 is 0 Å². The molecule has 0 spiro atoms. The topological polar surface area (TPSA) is 140 Å². The zero-order valence-corrected chi connectivity index (χ0v) is 18.9. The maximum absolute atomic E-state index is 12.8. The number of sulfonamides is 1. The molecule has 3 N–H and O–H groups in total. The number of hydrogen-bond acceptors (Lipinski definition) is 7. The lowest BCUT2D eigenvalue weighted by Crippen LogP contribution is -2.31. The number of rotatable bonds is 8. The zero-order valence-electron chi connectivity index (χ0n) is 18.1. The van der Waals surface area contributed by atoms with E-state index in [-0.39, 0.29) is 27.6 Å². The summed E-state index contributed by atoms with van der Waals surface area (Å²) in [6, 6.07) is 8.82. The van der Waals surface area contributed by atoms with Gasteiger partial charge in [-0.2, -0.15) is 0 Å². The zero-order chi connectivity index (χ0) is 23.9. The second-order valence-corrected chi connectivity index (χ2v) is 8.82. The number of benzene rings is 2. The Kier molecular flexibility index (Phi) is 8.19. The normalized spacial score (nSPS) is 10.9. The Balaban J connectivity index is 2.23. The first-order valence-corrected chi connectivity index (χ1v) is 11.0. The van der Waals surface area contributed by atoms with Gasteiger partial charge in [0.2, 0.25) is 0 Å². The van der Waals surface area contributed by atoms with E-state index >= 15 is 0 Å². The minimum absolute atomic E-state index is 0.0245. The summed E-state index contributed by atoms with van der Waals surface area (Å²) < 4.78 is 37.1. The summed E-state index contributed by atoms with van der Waals surface area (Å²) in [5.74, 6) is -1.21. The van der Waals surface area contributed by atoms with Crippen molar-refractivity contribution in [1.29, 1.82) is 0 Å². The standard InChI is InChI=1S/C21H25N3O7S/c1-13(2)12-22-21(27)23-16-5-7-18(8-6-16)32(28,29)24-17-10-14(19(25)30-3)9-15(11-17)20(26)31-4/h5-11,13,24H,12H2,1-4H3,(H2,22,23,27). The van der Waals surface area contributed by atoms with Gasteiger partial charge in [-0.05, 0) is 48.4 Å². The van der Waals surface area contributed by atoms with Crippen molar-refractivity contribution < 1.29 is 32.3 Å². The number of hydrogen-bond donors (Lipinski definition) is 3. The Labute approximate surface area is 186 Å². The molecule has 172 valence electrons. The monoisotopic (exact) mass is 463 g/mol. The van der Waals surface area contributed by atoms with Gasteiger partial charge in [0.25, 0.3) is 10.0 Å². The molecule has 10 nitrogen and oxygen atoms in total. The van der Waals surface area contributed by atoms with Gasteiger partial charge in [0.1, 0.15) is 0 Å². The average Bonchev–Trinajstić information content (AvgIpc) is 2.76. The van der Waals surface area contributed by atoms with Crippen LogP contribution in [0.3, 0.4) is 0 Å². The number of esters is 2. The molecular weight excluding hydrogens is 438 g/mol. The lowest BCUT2D eigenvalue weighted by molar-refractivity contribution is 0.0599. The largest absolute Gasteiger partial charge is 0.465 e. The Morgan fingerprint density at radius 1 is 0.875 bits per heavy atom. The van der Waals surface area contributed by atoms with Gasteiger partial charge < -0.3 is 20.1 Å². The molecule has 32 heavy (non-hydrogen) atoms. The van der Waals surface area contributed by atoms with Crippen molar-refractivity contribution in [2.24, 2.45) is 5.92 Å². The van der Waals surface area contributed by atoms with Gasteiger partial charge in [0.15, 0.2) is 0 Å². The molecule has 0 aliphatic carbocycles. The number of urea groups is 1. The molecule has 2 amide bonds. The summed E-state index contributed by atoms with van der Waals surface area (Å²) in [6.07, 6.45) is 0. The summed E-state index contributed by atoms with van der Waals surface area (Å²) >= 11 is 0. The molecule has 11 heteroatoms. The molecule has 0 aromatic heterocycles. The molecule has 2 rings (SSSR count). The van der Waals surface area contributed by atoms with Gasteiger partial charge in [-0.3, -0.25) is 4.72 Å². The summed E-state index contributed by atoms with van der Waals surface area (Å²) in [6.45, 7) is 4.42. The second kappa shape index (κ2) is 10.6. The van der Waals surface area contributed by atoms with Crippen molar-refractivity contribution in [3.05, 3.63) is 53.6 Å². The van der Waals surface area contributed by atoms with Crippen LogP contribution in [0.2, 0.25) is 0 Å². The number of ether oxygens (including phenoxy) is 2. The van der Waals surface area contributed by atoms with Crippen molar-refractivity contribution in [2.75, 3.05) is 30.8 Å². The fraction of sp³-hybridized carbons (Fsp3) is 0.286. The molecule has 2 aromatic rings. The molecule has 0 bridgehead atoms. The van der Waals surface area contributed by atoms with E-state index in [1.165, 1.54) is 42.5 Å². The number of amides is 2. The smallest absolute Gasteiger partial charge is 0.337 e. The van der Waals surface area contributed by atoms with E-state index in [2.05, 4.69) is 24.8 Å². The summed E-state index contributed by atoms with van der Waals surface area (Å²) in [5.41, 5.74) is 0.328. The van der Waals surface area contributed by atoms with E-state index in [0.717, 1.165) is 14.2 Å². The molecule has 0 heterocycles. The number of carbonyl (C=O) groups excluding carboxylic acids is 3. The highest BCUT2D eigenvalue weighted by molar-refractivity contribution is 7.92. The Bertz CT molecular complexity index is 1060. The molecule has 0 saturated carbocycles. The van der Waals surface area contributed by atoms with Crippen molar-refractivity contribution in [2.45, 2.75) is 18.7 Å². The van der Waals surface area contributed by atoms with Crippen molar-refractivity contribution in [1.82, 2.24) is 5.32 Å². The van der Waals surface area contributed by atoms with E-state index in [9.17, 15) is 22.8 Å². The highest BCUT2D eigenvalue weighted by Crippen LogP contribution is 2.22. The summed E-state index contributed by atoms with van der Waals surface area (Å²) in [4.78, 5) is 35.5. The predicted octanol–water partition coefficient (Wildman–Crippen LogP) is 2.84. The highest BCUT2D eigenvalue weighted by Gasteiger charge is 2.19. The molecule has 0 saturated heterocycles. The maximum atomic E-state index is 12.8. The van der Waals surface area contributed by atoms with E-state index in [1.54, 1.807) is 0 Å². The van der Waals surface area contributed by atoms with Crippen molar-refractivity contribution >= 4 is 39.4 Å². The molecule has 2 aromatic carbocycles. The third kappa shape index (κ3) is 6.71. The van der Waals surface area contributed by atoms with Crippen LogP contribution in [0.1, 0.15) is 34.6 Å². The number of carbonyl (C=O) groups is 3. The lowest BCUT2D eigenvalue weighted by Gasteiger charge is -2.12. The average molecular weight is 464 g/mol. The lowest BCUT2D eigenvalue weighted by atomic mass is 10.1. The first-order valence-electron chi connectivity index (χ1n) is 9.55. The van der Waals surface area contributed by atoms with Gasteiger partial charge in [0, 0.05) is 12.2 Å². The minimum Gasteiger partial charge on any atom is -0.465 e. The van der Waals surface area contributed by atoms with Crippen molar-refractivity contribution in [3.8, 4) is 0 Å². The van der Waals surface area contributed by atoms with Gasteiger partial charge in [-0.1, -0.05) is 13.8 Å². The number of anilines is 2. The molecule has 0 fully saturated rings. The second-order valence-electron chi connectivity index (χ2n) is 7.14. The van der Waals surface area contributed by atoms with Crippen LogP contribution in [0.5, 0.6) is 0 Å². The maximum Gasteiger partial charge on any atom is 0.337 e. The van der Waals surface area contributed by atoms with E-state index in [4.69, 9.17) is 0 Å². The van der Waals surface area contributed by atoms with Crippen LogP contribution in [-0.2, 0) is 19.5 Å². The van der Waals surface area contributed by atoms with Crippen LogP contribution in [0, 0.1) is 5.92 Å².